The van der Waals surface area contributed by atoms with Gasteiger partial charge in [-0.3, -0.25) is 4.79 Å². The number of benzene rings is 1. The maximum atomic E-state index is 12.3. The van der Waals surface area contributed by atoms with Crippen molar-refractivity contribution in [2.24, 2.45) is 5.92 Å². The van der Waals surface area contributed by atoms with E-state index in [-0.39, 0.29) is 30.4 Å². The van der Waals surface area contributed by atoms with Crippen molar-refractivity contribution < 1.29 is 9.90 Å². The molecule has 4 heteroatoms. The highest BCUT2D eigenvalue weighted by Gasteiger charge is 2.25. The summed E-state index contributed by atoms with van der Waals surface area (Å²) < 4.78 is 0. The molecule has 1 rings (SSSR count). The Morgan fingerprint density at radius 3 is 2.32 bits per heavy atom. The third-order valence-corrected chi connectivity index (χ3v) is 3.49. The van der Waals surface area contributed by atoms with Gasteiger partial charge in [-0.1, -0.05) is 44.5 Å². The zero-order valence-electron chi connectivity index (χ0n) is 11.7. The molecule has 2 unspecified atom stereocenters. The van der Waals surface area contributed by atoms with Crippen molar-refractivity contribution >= 4 is 17.5 Å². The fourth-order valence-corrected chi connectivity index (χ4v) is 2.20. The number of aliphatic hydroxyl groups excluding tert-OH is 1. The summed E-state index contributed by atoms with van der Waals surface area (Å²) in [5, 5.41) is 12.7. The molecule has 1 aromatic carbocycles. The molecule has 1 amide bonds. The average Bonchev–Trinajstić information content (AvgIpc) is 2.38. The third-order valence-electron chi connectivity index (χ3n) is 3.24. The molecule has 0 aliphatic carbocycles. The van der Waals surface area contributed by atoms with Crippen LogP contribution in [-0.4, -0.2) is 23.7 Å². The molecule has 1 aromatic rings. The van der Waals surface area contributed by atoms with Gasteiger partial charge in [0.1, 0.15) is 0 Å². The average molecular weight is 284 g/mol. The lowest BCUT2D eigenvalue weighted by molar-refractivity contribution is -0.124. The van der Waals surface area contributed by atoms with E-state index in [0.29, 0.717) is 11.4 Å². The molecule has 0 aliphatic heterocycles. The molecule has 2 atom stereocenters. The summed E-state index contributed by atoms with van der Waals surface area (Å²) in [5.41, 5.74) is 0.949. The number of amides is 1. The summed E-state index contributed by atoms with van der Waals surface area (Å²) in [4.78, 5) is 12.3. The Morgan fingerprint density at radius 1 is 1.32 bits per heavy atom. The van der Waals surface area contributed by atoms with E-state index < -0.39 is 0 Å². The van der Waals surface area contributed by atoms with Gasteiger partial charge in [-0.05, 0) is 30.0 Å². The minimum absolute atomic E-state index is 0.0341. The Balaban J connectivity index is 2.88. The van der Waals surface area contributed by atoms with E-state index >= 15 is 0 Å². The highest BCUT2D eigenvalue weighted by atomic mass is 35.5. The number of carbonyl (C=O) groups is 1. The van der Waals surface area contributed by atoms with Crippen molar-refractivity contribution in [1.29, 1.82) is 0 Å². The van der Waals surface area contributed by atoms with E-state index in [2.05, 4.69) is 5.32 Å². The van der Waals surface area contributed by atoms with Crippen molar-refractivity contribution in [3.63, 3.8) is 0 Å². The highest BCUT2D eigenvalue weighted by molar-refractivity contribution is 6.30. The second-order valence-corrected chi connectivity index (χ2v) is 5.51. The van der Waals surface area contributed by atoms with Crippen LogP contribution >= 0.6 is 11.6 Å². The standard InChI is InChI=1S/C15H22ClNO2/c1-4-13(9-18)17-15(19)14(10(2)3)11-5-7-12(16)8-6-11/h5-8,10,13-14,18H,4,9H2,1-3H3,(H,17,19). The molecular formula is C15H22ClNO2. The Morgan fingerprint density at radius 2 is 1.89 bits per heavy atom. The van der Waals surface area contributed by atoms with Crippen molar-refractivity contribution in [3.05, 3.63) is 34.9 Å². The maximum Gasteiger partial charge on any atom is 0.228 e. The van der Waals surface area contributed by atoms with Crippen molar-refractivity contribution in [1.82, 2.24) is 5.32 Å². The largest absolute Gasteiger partial charge is 0.394 e. The lowest BCUT2D eigenvalue weighted by atomic mass is 9.87. The van der Waals surface area contributed by atoms with Crippen molar-refractivity contribution in [2.75, 3.05) is 6.61 Å². The zero-order valence-corrected chi connectivity index (χ0v) is 12.4. The minimum Gasteiger partial charge on any atom is -0.394 e. The fraction of sp³-hybridized carbons (Fsp3) is 0.533. The van der Waals surface area contributed by atoms with E-state index in [9.17, 15) is 9.90 Å². The smallest absolute Gasteiger partial charge is 0.228 e. The quantitative estimate of drug-likeness (QED) is 0.843. The Labute approximate surface area is 120 Å². The van der Waals surface area contributed by atoms with Crippen LogP contribution in [0.15, 0.2) is 24.3 Å². The van der Waals surface area contributed by atoms with Crippen molar-refractivity contribution in [2.45, 2.75) is 39.2 Å². The normalized spacial score (nSPS) is 14.2. The summed E-state index contributed by atoms with van der Waals surface area (Å²) in [6.45, 7) is 5.93. The number of aliphatic hydroxyl groups is 1. The number of hydrogen-bond donors (Lipinski definition) is 2. The molecule has 0 heterocycles. The van der Waals surface area contributed by atoms with E-state index in [1.165, 1.54) is 0 Å². The number of rotatable bonds is 6. The predicted octanol–water partition coefficient (Wildman–Crippen LogP) is 2.97. The van der Waals surface area contributed by atoms with Crippen LogP contribution in [0.25, 0.3) is 0 Å². The lowest BCUT2D eigenvalue weighted by Gasteiger charge is -2.23. The molecule has 0 saturated carbocycles. The van der Waals surface area contributed by atoms with Crippen LogP contribution in [-0.2, 0) is 4.79 Å². The molecule has 0 aliphatic rings. The molecular weight excluding hydrogens is 262 g/mol. The fourth-order valence-electron chi connectivity index (χ4n) is 2.08. The topological polar surface area (TPSA) is 49.3 Å². The third kappa shape index (κ3) is 4.51. The van der Waals surface area contributed by atoms with Gasteiger partial charge >= 0.3 is 0 Å². The minimum atomic E-state index is -0.224. The molecule has 3 nitrogen and oxygen atoms in total. The van der Waals surface area contributed by atoms with E-state index in [1.54, 1.807) is 12.1 Å². The molecule has 0 aromatic heterocycles. The van der Waals surface area contributed by atoms with Gasteiger partial charge in [-0.15, -0.1) is 0 Å². The Bertz CT molecular complexity index is 399. The number of hydrogen-bond acceptors (Lipinski definition) is 2. The van der Waals surface area contributed by atoms with Crippen LogP contribution in [0.1, 0.15) is 38.7 Å². The molecule has 0 bridgehead atoms. The summed E-state index contributed by atoms with van der Waals surface area (Å²) >= 11 is 5.87. The second kappa shape index (κ2) is 7.51. The SMILES string of the molecule is CCC(CO)NC(=O)C(c1ccc(Cl)cc1)C(C)C. The molecule has 0 saturated heterocycles. The summed E-state index contributed by atoms with van der Waals surface area (Å²) in [5.74, 6) is -0.0894. The number of halogens is 1. The second-order valence-electron chi connectivity index (χ2n) is 5.07. The first-order chi connectivity index (χ1) is 8.99. The Kier molecular flexibility index (Phi) is 6.32. The molecule has 0 radical (unpaired) electrons. The van der Waals surface area contributed by atoms with Crippen LogP contribution in [0, 0.1) is 5.92 Å². The van der Waals surface area contributed by atoms with Gasteiger partial charge in [0.25, 0.3) is 0 Å². The van der Waals surface area contributed by atoms with Gasteiger partial charge in [0.15, 0.2) is 0 Å². The first-order valence-electron chi connectivity index (χ1n) is 6.66. The van der Waals surface area contributed by atoms with Crippen LogP contribution in [0.2, 0.25) is 5.02 Å². The van der Waals surface area contributed by atoms with Gasteiger partial charge < -0.3 is 10.4 Å². The molecule has 106 valence electrons. The van der Waals surface area contributed by atoms with Gasteiger partial charge in [-0.2, -0.15) is 0 Å². The summed E-state index contributed by atoms with van der Waals surface area (Å²) in [6, 6.07) is 7.17. The summed E-state index contributed by atoms with van der Waals surface area (Å²) in [6.07, 6.45) is 0.716. The first-order valence-corrected chi connectivity index (χ1v) is 7.04. The van der Waals surface area contributed by atoms with Crippen LogP contribution in [0.3, 0.4) is 0 Å². The molecule has 2 N–H and O–H groups in total. The maximum absolute atomic E-state index is 12.3. The van der Waals surface area contributed by atoms with Crippen LogP contribution < -0.4 is 5.32 Å². The predicted molar refractivity (Wildman–Crippen MR) is 78.3 cm³/mol. The van der Waals surface area contributed by atoms with Crippen LogP contribution in [0.5, 0.6) is 0 Å². The van der Waals surface area contributed by atoms with E-state index in [4.69, 9.17) is 11.6 Å². The van der Waals surface area contributed by atoms with Gasteiger partial charge in [0, 0.05) is 5.02 Å². The first kappa shape index (κ1) is 16.0. The number of nitrogens with one attached hydrogen (secondary N) is 1. The van der Waals surface area contributed by atoms with Gasteiger partial charge in [0.2, 0.25) is 5.91 Å². The highest BCUT2D eigenvalue weighted by Crippen LogP contribution is 2.26. The summed E-state index contributed by atoms with van der Waals surface area (Å²) in [7, 11) is 0. The monoisotopic (exact) mass is 283 g/mol. The van der Waals surface area contributed by atoms with E-state index in [0.717, 1.165) is 5.56 Å². The van der Waals surface area contributed by atoms with Crippen LogP contribution in [0.4, 0.5) is 0 Å². The zero-order chi connectivity index (χ0) is 14.4. The lowest BCUT2D eigenvalue weighted by Crippen LogP contribution is -2.41. The van der Waals surface area contributed by atoms with Gasteiger partial charge in [0.05, 0.1) is 18.6 Å². The Hall–Kier alpha value is -1.06. The number of carbonyl (C=O) groups excluding carboxylic acids is 1. The molecule has 0 spiro atoms. The van der Waals surface area contributed by atoms with E-state index in [1.807, 2.05) is 32.9 Å². The molecule has 19 heavy (non-hydrogen) atoms. The van der Waals surface area contributed by atoms with Crippen molar-refractivity contribution in [3.8, 4) is 0 Å². The van der Waals surface area contributed by atoms with Gasteiger partial charge in [-0.25, -0.2) is 0 Å². The molecule has 0 fully saturated rings.